The van der Waals surface area contributed by atoms with Crippen LogP contribution in [0, 0.1) is 0 Å². The lowest BCUT2D eigenvalue weighted by atomic mass is 9.95. The summed E-state index contributed by atoms with van der Waals surface area (Å²) >= 11 is 1.85. The van der Waals surface area contributed by atoms with E-state index < -0.39 is 0 Å². The first-order chi connectivity index (χ1) is 7.71. The van der Waals surface area contributed by atoms with Gasteiger partial charge in [0, 0.05) is 13.0 Å². The van der Waals surface area contributed by atoms with Crippen molar-refractivity contribution in [1.29, 1.82) is 0 Å². The third-order valence-corrected chi connectivity index (χ3v) is 5.32. The van der Waals surface area contributed by atoms with Crippen LogP contribution in [0.5, 0.6) is 0 Å². The molecule has 2 fully saturated rings. The predicted octanol–water partition coefficient (Wildman–Crippen LogP) is 3.19. The first-order valence-electron chi connectivity index (χ1n) is 6.49. The topological polar surface area (TPSA) is 26.3 Å². The summed E-state index contributed by atoms with van der Waals surface area (Å²) in [6.07, 6.45) is 7.97. The van der Waals surface area contributed by atoms with E-state index in [0.717, 1.165) is 38.0 Å². The number of carbonyl (C=O) groups excluding carboxylic acids is 1. The van der Waals surface area contributed by atoms with Gasteiger partial charge in [0.15, 0.2) is 0 Å². The Kier molecular flexibility index (Phi) is 4.31. The van der Waals surface area contributed by atoms with Crippen LogP contribution >= 0.6 is 11.8 Å². The molecule has 0 N–H and O–H groups in total. The van der Waals surface area contributed by atoms with Gasteiger partial charge in [0.25, 0.3) is 0 Å². The fourth-order valence-corrected chi connectivity index (χ4v) is 3.92. The third kappa shape index (κ3) is 3.01. The lowest BCUT2D eigenvalue weighted by molar-refractivity contribution is -0.121. The lowest BCUT2D eigenvalue weighted by Crippen LogP contribution is -2.28. The molecule has 2 unspecified atom stereocenters. The molecule has 0 bridgehead atoms. The van der Waals surface area contributed by atoms with E-state index in [1.165, 1.54) is 19.3 Å². The molecule has 2 aliphatic rings. The third-order valence-electron chi connectivity index (χ3n) is 3.76. The van der Waals surface area contributed by atoms with Crippen LogP contribution in [0.15, 0.2) is 0 Å². The van der Waals surface area contributed by atoms with Crippen molar-refractivity contribution in [2.24, 2.45) is 0 Å². The van der Waals surface area contributed by atoms with E-state index in [9.17, 15) is 4.79 Å². The normalized spacial score (nSPS) is 34.4. The van der Waals surface area contributed by atoms with Crippen molar-refractivity contribution in [3.63, 3.8) is 0 Å². The number of carbonyl (C=O) groups is 1. The number of ketones is 1. The fraction of sp³-hybridized carbons (Fsp3) is 0.923. The molecule has 2 rings (SSSR count). The van der Waals surface area contributed by atoms with Gasteiger partial charge in [-0.15, -0.1) is 11.8 Å². The first kappa shape index (κ1) is 12.4. The highest BCUT2D eigenvalue weighted by Crippen LogP contribution is 2.39. The zero-order valence-corrected chi connectivity index (χ0v) is 11.0. The summed E-state index contributed by atoms with van der Waals surface area (Å²) in [4.78, 5) is 12.1. The van der Waals surface area contributed by atoms with Crippen LogP contribution in [-0.4, -0.2) is 29.0 Å². The number of thioether (sulfide) groups is 1. The molecule has 3 heteroatoms. The molecule has 0 amide bonds. The molecular weight excluding hydrogens is 220 g/mol. The first-order valence-corrected chi connectivity index (χ1v) is 7.48. The van der Waals surface area contributed by atoms with Crippen molar-refractivity contribution in [3.05, 3.63) is 0 Å². The number of Topliss-reactive ketones (excluding diaryl/α,β-unsaturated/α-hetero) is 1. The molecule has 0 saturated carbocycles. The van der Waals surface area contributed by atoms with Crippen molar-refractivity contribution in [2.75, 3.05) is 12.4 Å². The van der Waals surface area contributed by atoms with Gasteiger partial charge in [-0.05, 0) is 51.2 Å². The van der Waals surface area contributed by atoms with Crippen LogP contribution in [-0.2, 0) is 9.53 Å². The molecule has 2 nitrogen and oxygen atoms in total. The Labute approximate surface area is 103 Å². The van der Waals surface area contributed by atoms with E-state index in [4.69, 9.17) is 4.74 Å². The Hall–Kier alpha value is -0.0200. The predicted molar refractivity (Wildman–Crippen MR) is 67.9 cm³/mol. The summed E-state index contributed by atoms with van der Waals surface area (Å²) in [5.41, 5.74) is 0. The Bertz CT molecular complexity index is 240. The highest BCUT2D eigenvalue weighted by Gasteiger charge is 2.36. The quantitative estimate of drug-likeness (QED) is 0.740. The van der Waals surface area contributed by atoms with Gasteiger partial charge in [0.2, 0.25) is 0 Å². The maximum Gasteiger partial charge on any atom is 0.148 e. The zero-order chi connectivity index (χ0) is 11.4. The van der Waals surface area contributed by atoms with Crippen molar-refractivity contribution in [2.45, 2.75) is 62.7 Å². The van der Waals surface area contributed by atoms with Crippen LogP contribution in [0.4, 0.5) is 0 Å². The Morgan fingerprint density at radius 3 is 3.00 bits per heavy atom. The molecule has 92 valence electrons. The summed E-state index contributed by atoms with van der Waals surface area (Å²) in [7, 11) is 0. The SMILES string of the molecule is CC1(C(=O)CCCC2CCCO2)CCCS1. The molecule has 0 aromatic rings. The van der Waals surface area contributed by atoms with E-state index >= 15 is 0 Å². The average Bonchev–Trinajstić information content (AvgIpc) is 2.90. The molecule has 2 saturated heterocycles. The molecule has 2 heterocycles. The van der Waals surface area contributed by atoms with Gasteiger partial charge >= 0.3 is 0 Å². The van der Waals surface area contributed by atoms with Gasteiger partial charge in [-0.1, -0.05) is 0 Å². The van der Waals surface area contributed by atoms with Crippen molar-refractivity contribution in [1.82, 2.24) is 0 Å². The van der Waals surface area contributed by atoms with Crippen LogP contribution in [0.25, 0.3) is 0 Å². The van der Waals surface area contributed by atoms with Gasteiger partial charge in [-0.25, -0.2) is 0 Å². The van der Waals surface area contributed by atoms with Crippen LogP contribution in [0.1, 0.15) is 51.9 Å². The van der Waals surface area contributed by atoms with Crippen LogP contribution in [0.2, 0.25) is 0 Å². The van der Waals surface area contributed by atoms with Crippen molar-refractivity contribution in [3.8, 4) is 0 Å². The Balaban J connectivity index is 1.67. The minimum Gasteiger partial charge on any atom is -0.378 e. The fourth-order valence-electron chi connectivity index (χ4n) is 2.63. The van der Waals surface area contributed by atoms with Crippen LogP contribution in [0.3, 0.4) is 0 Å². The second kappa shape index (κ2) is 5.54. The standard InChI is InChI=1S/C13H22O2S/c1-13(8-4-10-16-13)12(14)7-2-5-11-6-3-9-15-11/h11H,2-10H2,1H3. The average molecular weight is 242 g/mol. The van der Waals surface area contributed by atoms with Gasteiger partial charge in [0.05, 0.1) is 10.9 Å². The number of hydrogen-bond acceptors (Lipinski definition) is 3. The molecule has 0 aromatic heterocycles. The van der Waals surface area contributed by atoms with Crippen molar-refractivity contribution >= 4 is 17.5 Å². The van der Waals surface area contributed by atoms with E-state index in [1.807, 2.05) is 11.8 Å². The van der Waals surface area contributed by atoms with Crippen molar-refractivity contribution < 1.29 is 9.53 Å². The molecule has 16 heavy (non-hydrogen) atoms. The summed E-state index contributed by atoms with van der Waals surface area (Å²) in [6.45, 7) is 3.05. The van der Waals surface area contributed by atoms with Gasteiger partial charge in [-0.2, -0.15) is 0 Å². The Morgan fingerprint density at radius 2 is 2.38 bits per heavy atom. The maximum atomic E-state index is 12.1. The highest BCUT2D eigenvalue weighted by atomic mass is 32.2. The minimum atomic E-state index is -0.0590. The minimum absolute atomic E-state index is 0.0590. The zero-order valence-electron chi connectivity index (χ0n) is 10.2. The van der Waals surface area contributed by atoms with E-state index in [0.29, 0.717) is 11.9 Å². The number of hydrogen-bond donors (Lipinski definition) is 0. The number of ether oxygens (including phenoxy) is 1. The summed E-state index contributed by atoms with van der Waals surface area (Å²) < 4.78 is 5.51. The molecule has 0 aliphatic carbocycles. The van der Waals surface area contributed by atoms with E-state index in [-0.39, 0.29) is 4.75 Å². The Morgan fingerprint density at radius 1 is 1.50 bits per heavy atom. The smallest absolute Gasteiger partial charge is 0.148 e. The lowest BCUT2D eigenvalue weighted by Gasteiger charge is -2.21. The second-order valence-electron chi connectivity index (χ2n) is 5.13. The van der Waals surface area contributed by atoms with Crippen LogP contribution < -0.4 is 0 Å². The largest absolute Gasteiger partial charge is 0.378 e. The van der Waals surface area contributed by atoms with Gasteiger partial charge in [0.1, 0.15) is 5.78 Å². The maximum absolute atomic E-state index is 12.1. The second-order valence-corrected chi connectivity index (χ2v) is 6.73. The summed E-state index contributed by atoms with van der Waals surface area (Å²) in [5.74, 6) is 1.63. The summed E-state index contributed by atoms with van der Waals surface area (Å²) in [6, 6.07) is 0. The van der Waals surface area contributed by atoms with Gasteiger partial charge in [-0.3, -0.25) is 4.79 Å². The molecular formula is C13H22O2S. The molecule has 0 aromatic carbocycles. The summed E-state index contributed by atoms with van der Waals surface area (Å²) in [5, 5.41) is 0. The van der Waals surface area contributed by atoms with E-state index in [1.54, 1.807) is 0 Å². The monoisotopic (exact) mass is 242 g/mol. The molecule has 0 spiro atoms. The number of rotatable bonds is 5. The molecule has 2 atom stereocenters. The van der Waals surface area contributed by atoms with Gasteiger partial charge < -0.3 is 4.74 Å². The molecule has 0 radical (unpaired) electrons. The molecule has 2 aliphatic heterocycles. The van der Waals surface area contributed by atoms with E-state index in [2.05, 4.69) is 6.92 Å². The highest BCUT2D eigenvalue weighted by molar-refractivity contribution is 8.01.